The molecule has 1 heterocycles. The topological polar surface area (TPSA) is 118 Å². The molecule has 0 saturated carbocycles. The summed E-state index contributed by atoms with van der Waals surface area (Å²) >= 11 is 12.7. The Morgan fingerprint density at radius 1 is 1.03 bits per heavy atom. The normalized spacial score (nSPS) is 10.7. The van der Waals surface area contributed by atoms with Gasteiger partial charge >= 0.3 is 5.69 Å². The van der Waals surface area contributed by atoms with Crippen LogP contribution in [-0.2, 0) is 0 Å². The number of rotatable bonds is 6. The number of nitrogens with one attached hydrogen (secondary N) is 1. The molecular formula is C24H18Cl2N4O5. The fraction of sp³-hybridized carbons (Fsp3) is 0.0833. The van der Waals surface area contributed by atoms with E-state index >= 15 is 0 Å². The van der Waals surface area contributed by atoms with Crippen molar-refractivity contribution in [3.05, 3.63) is 103 Å². The van der Waals surface area contributed by atoms with Crippen molar-refractivity contribution in [2.75, 3.05) is 19.0 Å². The SMILES string of the molecule is CN(C)c1ccc(C(=O)c2cc(Oc3c(Cl)cc(-n4ncc(=O)[nH]c4=O)cc3Cl)ccc2O)cc1. The van der Waals surface area contributed by atoms with Gasteiger partial charge in [-0.2, -0.15) is 9.78 Å². The van der Waals surface area contributed by atoms with Gasteiger partial charge in [-0.05, 0) is 54.6 Å². The van der Waals surface area contributed by atoms with Crippen molar-refractivity contribution >= 4 is 34.7 Å². The van der Waals surface area contributed by atoms with E-state index in [1.54, 1.807) is 24.3 Å². The van der Waals surface area contributed by atoms with E-state index in [-0.39, 0.29) is 38.5 Å². The summed E-state index contributed by atoms with van der Waals surface area (Å²) in [6, 6.07) is 13.9. The maximum Gasteiger partial charge on any atom is 0.349 e. The van der Waals surface area contributed by atoms with E-state index in [1.807, 2.05) is 19.0 Å². The first-order valence-corrected chi connectivity index (χ1v) is 10.9. The summed E-state index contributed by atoms with van der Waals surface area (Å²) in [5, 5.41) is 14.2. The highest BCUT2D eigenvalue weighted by Gasteiger charge is 2.18. The van der Waals surface area contributed by atoms with Crippen molar-refractivity contribution in [2.24, 2.45) is 0 Å². The molecule has 11 heteroatoms. The van der Waals surface area contributed by atoms with E-state index in [0.29, 0.717) is 5.56 Å². The molecule has 9 nitrogen and oxygen atoms in total. The van der Waals surface area contributed by atoms with Crippen molar-refractivity contribution in [2.45, 2.75) is 0 Å². The van der Waals surface area contributed by atoms with Crippen molar-refractivity contribution < 1.29 is 14.6 Å². The van der Waals surface area contributed by atoms with Crippen LogP contribution < -0.4 is 20.9 Å². The summed E-state index contributed by atoms with van der Waals surface area (Å²) in [6.45, 7) is 0. The quantitative estimate of drug-likeness (QED) is 0.374. The number of carbonyl (C=O) groups is 1. The van der Waals surface area contributed by atoms with Gasteiger partial charge in [0.2, 0.25) is 0 Å². The Balaban J connectivity index is 1.65. The van der Waals surface area contributed by atoms with Gasteiger partial charge in [0.15, 0.2) is 11.5 Å². The number of phenolic OH excluding ortho intramolecular Hbond substituents is 1. The van der Waals surface area contributed by atoms with Gasteiger partial charge in [-0.25, -0.2) is 4.79 Å². The van der Waals surface area contributed by atoms with Crippen molar-refractivity contribution in [3.63, 3.8) is 0 Å². The summed E-state index contributed by atoms with van der Waals surface area (Å²) in [6.07, 6.45) is 0.941. The fourth-order valence-electron chi connectivity index (χ4n) is 3.25. The number of hydrogen-bond acceptors (Lipinski definition) is 7. The maximum atomic E-state index is 13.0. The number of carbonyl (C=O) groups excluding carboxylic acids is 1. The number of aromatic amines is 1. The number of ether oxygens (including phenoxy) is 1. The molecule has 0 spiro atoms. The average Bonchev–Trinajstić information content (AvgIpc) is 2.82. The van der Waals surface area contributed by atoms with Crippen LogP contribution in [0.15, 0.2) is 70.4 Å². The van der Waals surface area contributed by atoms with E-state index in [2.05, 4.69) is 10.1 Å². The summed E-state index contributed by atoms with van der Waals surface area (Å²) in [5.74, 6) is -0.342. The largest absolute Gasteiger partial charge is 0.507 e. The number of aromatic nitrogens is 3. The van der Waals surface area contributed by atoms with Crippen LogP contribution in [0.5, 0.6) is 17.2 Å². The van der Waals surface area contributed by atoms with Gasteiger partial charge in [-0.15, -0.1) is 0 Å². The van der Waals surface area contributed by atoms with Crippen LogP contribution in [0.4, 0.5) is 5.69 Å². The van der Waals surface area contributed by atoms with Gasteiger partial charge in [0.25, 0.3) is 5.56 Å². The lowest BCUT2D eigenvalue weighted by molar-refractivity contribution is 0.103. The van der Waals surface area contributed by atoms with Crippen LogP contribution in [0.2, 0.25) is 10.0 Å². The zero-order valence-corrected chi connectivity index (χ0v) is 20.0. The molecule has 0 aliphatic heterocycles. The van der Waals surface area contributed by atoms with Crippen LogP contribution >= 0.6 is 23.2 Å². The molecule has 35 heavy (non-hydrogen) atoms. The van der Waals surface area contributed by atoms with Gasteiger partial charge in [0, 0.05) is 25.3 Å². The Bertz CT molecular complexity index is 1520. The molecule has 2 N–H and O–H groups in total. The van der Waals surface area contributed by atoms with E-state index in [4.69, 9.17) is 27.9 Å². The molecule has 3 aromatic carbocycles. The Morgan fingerprint density at radius 3 is 2.29 bits per heavy atom. The molecule has 0 fully saturated rings. The highest BCUT2D eigenvalue weighted by molar-refractivity contribution is 6.37. The molecule has 0 saturated heterocycles. The third kappa shape index (κ3) is 5.06. The zero-order chi connectivity index (χ0) is 25.3. The predicted octanol–water partition coefficient (Wildman–Crippen LogP) is 4.02. The molecule has 0 amide bonds. The fourth-order valence-corrected chi connectivity index (χ4v) is 3.80. The first kappa shape index (κ1) is 24.1. The summed E-state index contributed by atoms with van der Waals surface area (Å²) < 4.78 is 6.73. The number of anilines is 1. The number of halogens is 2. The van der Waals surface area contributed by atoms with Crippen LogP contribution in [-0.4, -0.2) is 39.7 Å². The number of ketones is 1. The second kappa shape index (κ2) is 9.65. The molecule has 178 valence electrons. The highest BCUT2D eigenvalue weighted by atomic mass is 35.5. The first-order chi connectivity index (χ1) is 16.6. The molecule has 4 rings (SSSR count). The third-order valence-electron chi connectivity index (χ3n) is 5.02. The second-order valence-electron chi connectivity index (χ2n) is 7.64. The predicted molar refractivity (Wildman–Crippen MR) is 133 cm³/mol. The van der Waals surface area contributed by atoms with Gasteiger partial charge in [0.05, 0.1) is 21.3 Å². The molecule has 0 bridgehead atoms. The lowest BCUT2D eigenvalue weighted by Gasteiger charge is -2.14. The molecule has 0 atom stereocenters. The summed E-state index contributed by atoms with van der Waals surface area (Å²) in [7, 11) is 3.78. The van der Waals surface area contributed by atoms with E-state index < -0.39 is 17.0 Å². The molecule has 0 unspecified atom stereocenters. The number of phenols is 1. The minimum absolute atomic E-state index is 0.0351. The second-order valence-corrected chi connectivity index (χ2v) is 8.46. The number of hydrogen-bond donors (Lipinski definition) is 2. The average molecular weight is 513 g/mol. The van der Waals surface area contributed by atoms with Crippen molar-refractivity contribution in [3.8, 4) is 22.9 Å². The van der Waals surface area contributed by atoms with Crippen LogP contribution in [0, 0.1) is 0 Å². The van der Waals surface area contributed by atoms with Crippen LogP contribution in [0.1, 0.15) is 15.9 Å². The molecular weight excluding hydrogens is 495 g/mol. The monoisotopic (exact) mass is 512 g/mol. The van der Waals surface area contributed by atoms with Gasteiger partial charge in [-0.1, -0.05) is 23.2 Å². The summed E-state index contributed by atoms with van der Waals surface area (Å²) in [4.78, 5) is 40.3. The Hall–Kier alpha value is -4.08. The molecule has 0 aliphatic carbocycles. The van der Waals surface area contributed by atoms with Crippen LogP contribution in [0.25, 0.3) is 5.69 Å². The van der Waals surface area contributed by atoms with Crippen LogP contribution in [0.3, 0.4) is 0 Å². The maximum absolute atomic E-state index is 13.0. The standard InChI is InChI=1S/C24H18Cl2N4O5/c1-29(2)14-5-3-13(4-6-14)22(33)17-11-16(7-8-20(17)31)35-23-18(25)9-15(10-19(23)26)30-24(34)28-21(32)12-27-30/h3-12,31H,1-2H3,(H,28,32,34). The van der Waals surface area contributed by atoms with E-state index in [9.17, 15) is 19.5 Å². The minimum atomic E-state index is -0.765. The number of benzene rings is 3. The third-order valence-corrected chi connectivity index (χ3v) is 5.58. The minimum Gasteiger partial charge on any atom is -0.507 e. The summed E-state index contributed by atoms with van der Waals surface area (Å²) in [5.41, 5.74) is 0.148. The van der Waals surface area contributed by atoms with E-state index in [1.165, 1.54) is 30.3 Å². The van der Waals surface area contributed by atoms with Crippen molar-refractivity contribution in [1.82, 2.24) is 14.8 Å². The smallest absolute Gasteiger partial charge is 0.349 e. The first-order valence-electron chi connectivity index (χ1n) is 10.1. The Kier molecular flexibility index (Phi) is 6.63. The number of aromatic hydroxyl groups is 1. The number of nitrogens with zero attached hydrogens (tertiary/aromatic N) is 3. The van der Waals surface area contributed by atoms with Gasteiger partial charge in [-0.3, -0.25) is 14.6 Å². The van der Waals surface area contributed by atoms with Gasteiger partial charge < -0.3 is 14.7 Å². The lowest BCUT2D eigenvalue weighted by atomic mass is 10.0. The van der Waals surface area contributed by atoms with Crippen molar-refractivity contribution in [1.29, 1.82) is 0 Å². The zero-order valence-electron chi connectivity index (χ0n) is 18.5. The molecule has 0 radical (unpaired) electrons. The lowest BCUT2D eigenvalue weighted by Crippen LogP contribution is -2.30. The molecule has 0 aliphatic rings. The van der Waals surface area contributed by atoms with Gasteiger partial charge in [0.1, 0.15) is 17.7 Å². The Labute approximate surface area is 208 Å². The van der Waals surface area contributed by atoms with E-state index in [0.717, 1.165) is 16.6 Å². The molecule has 4 aromatic rings. The highest BCUT2D eigenvalue weighted by Crippen LogP contribution is 2.39. The molecule has 1 aromatic heterocycles. The Morgan fingerprint density at radius 2 is 1.69 bits per heavy atom. The number of H-pyrrole nitrogens is 1.